The van der Waals surface area contributed by atoms with Crippen LogP contribution in [-0.2, 0) is 14.3 Å². The van der Waals surface area contributed by atoms with E-state index in [1.807, 2.05) is 42.5 Å². The molecule has 0 radical (unpaired) electrons. The molecule has 0 saturated heterocycles. The number of benzene rings is 2. The maximum Gasteiger partial charge on any atom is 0.306 e. The second-order valence-corrected chi connectivity index (χ2v) is 7.04. The number of carboxylic acids is 1. The van der Waals surface area contributed by atoms with E-state index in [4.69, 9.17) is 9.84 Å². The van der Waals surface area contributed by atoms with Crippen LogP contribution in [0.15, 0.2) is 54.6 Å². The van der Waals surface area contributed by atoms with E-state index in [1.54, 1.807) is 12.1 Å². The average molecular weight is 396 g/mol. The van der Waals surface area contributed by atoms with Gasteiger partial charge < -0.3 is 9.84 Å². The van der Waals surface area contributed by atoms with Crippen LogP contribution >= 0.6 is 0 Å². The summed E-state index contributed by atoms with van der Waals surface area (Å²) in [5.74, 6) is -1.32. The molecule has 0 amide bonds. The fourth-order valence-electron chi connectivity index (χ4n) is 3.03. The summed E-state index contributed by atoms with van der Waals surface area (Å²) in [6.45, 7) is -0.237. The van der Waals surface area contributed by atoms with Crippen LogP contribution in [0.25, 0.3) is 11.1 Å². The van der Waals surface area contributed by atoms with Crippen LogP contribution in [0.1, 0.15) is 61.7 Å². The van der Waals surface area contributed by atoms with E-state index >= 15 is 0 Å². The van der Waals surface area contributed by atoms with Crippen molar-refractivity contribution in [2.45, 2.75) is 51.4 Å². The minimum atomic E-state index is -0.755. The van der Waals surface area contributed by atoms with Gasteiger partial charge in [-0.2, -0.15) is 0 Å². The molecule has 5 nitrogen and oxygen atoms in total. The first-order chi connectivity index (χ1) is 14.1. The van der Waals surface area contributed by atoms with Crippen LogP contribution in [0.2, 0.25) is 0 Å². The van der Waals surface area contributed by atoms with Gasteiger partial charge in [0.1, 0.15) is 0 Å². The number of unbranched alkanes of at least 4 members (excludes halogenated alkanes) is 5. The zero-order valence-corrected chi connectivity index (χ0v) is 16.6. The minimum absolute atomic E-state index is 0.212. The molecule has 2 aromatic carbocycles. The number of esters is 1. The first-order valence-electron chi connectivity index (χ1n) is 10.1. The van der Waals surface area contributed by atoms with Gasteiger partial charge in [-0.1, -0.05) is 80.3 Å². The lowest BCUT2D eigenvalue weighted by molar-refractivity contribution is -0.142. The molecular weight excluding hydrogens is 368 g/mol. The van der Waals surface area contributed by atoms with Crippen molar-refractivity contribution in [1.82, 2.24) is 0 Å². The van der Waals surface area contributed by atoms with Gasteiger partial charge in [0.2, 0.25) is 0 Å². The highest BCUT2D eigenvalue weighted by molar-refractivity contribution is 5.98. The van der Waals surface area contributed by atoms with Crippen molar-refractivity contribution >= 4 is 17.7 Å². The molecule has 154 valence electrons. The van der Waals surface area contributed by atoms with E-state index in [0.717, 1.165) is 43.2 Å². The molecule has 0 unspecified atom stereocenters. The van der Waals surface area contributed by atoms with Crippen molar-refractivity contribution in [3.05, 3.63) is 60.2 Å². The summed E-state index contributed by atoms with van der Waals surface area (Å²) in [6, 6.07) is 17.2. The maximum atomic E-state index is 12.2. The van der Waals surface area contributed by atoms with E-state index in [-0.39, 0.29) is 24.8 Å². The van der Waals surface area contributed by atoms with Gasteiger partial charge in [0.15, 0.2) is 12.4 Å². The van der Waals surface area contributed by atoms with E-state index < -0.39 is 5.97 Å². The fourth-order valence-corrected chi connectivity index (χ4v) is 3.03. The van der Waals surface area contributed by atoms with Crippen LogP contribution in [0.4, 0.5) is 0 Å². The average Bonchev–Trinajstić information content (AvgIpc) is 2.74. The Morgan fingerprint density at radius 2 is 1.24 bits per heavy atom. The van der Waals surface area contributed by atoms with Crippen molar-refractivity contribution < 1.29 is 24.2 Å². The first kappa shape index (κ1) is 22.3. The van der Waals surface area contributed by atoms with E-state index in [2.05, 4.69) is 0 Å². The van der Waals surface area contributed by atoms with Gasteiger partial charge in [0.25, 0.3) is 0 Å². The van der Waals surface area contributed by atoms with Crippen LogP contribution in [0, 0.1) is 0 Å². The third kappa shape index (κ3) is 8.73. The topological polar surface area (TPSA) is 80.7 Å². The number of carboxylic acid groups (broad SMARTS) is 1. The number of rotatable bonds is 13. The SMILES string of the molecule is O=C(O)CCCCCCCCC(=O)OCC(=O)c1ccc(-c2ccccc2)cc1. The molecule has 0 fully saturated rings. The zero-order chi connectivity index (χ0) is 20.9. The second-order valence-electron chi connectivity index (χ2n) is 7.04. The van der Waals surface area contributed by atoms with Crippen molar-refractivity contribution in [2.75, 3.05) is 6.61 Å². The molecule has 2 rings (SSSR count). The highest BCUT2D eigenvalue weighted by Crippen LogP contribution is 2.19. The number of ketones is 1. The molecular formula is C24H28O5. The molecule has 0 aromatic heterocycles. The van der Waals surface area contributed by atoms with E-state index in [0.29, 0.717) is 18.4 Å². The lowest BCUT2D eigenvalue weighted by atomic mass is 10.0. The number of carbonyl (C=O) groups is 3. The Labute approximate surface area is 171 Å². The summed E-state index contributed by atoms with van der Waals surface area (Å²) in [6.07, 6.45) is 5.68. The lowest BCUT2D eigenvalue weighted by Crippen LogP contribution is -2.13. The number of hydrogen-bond acceptors (Lipinski definition) is 4. The molecule has 0 aliphatic rings. The Bertz CT molecular complexity index is 781. The predicted octanol–water partition coefficient (Wildman–Crippen LogP) is 5.28. The summed E-state index contributed by atoms with van der Waals surface area (Å²) in [7, 11) is 0. The molecule has 29 heavy (non-hydrogen) atoms. The quantitative estimate of drug-likeness (QED) is 0.283. The molecule has 0 bridgehead atoms. The minimum Gasteiger partial charge on any atom is -0.481 e. The summed E-state index contributed by atoms with van der Waals surface area (Å²) >= 11 is 0. The molecule has 0 atom stereocenters. The van der Waals surface area contributed by atoms with Gasteiger partial charge in [-0.05, 0) is 24.0 Å². The van der Waals surface area contributed by atoms with Gasteiger partial charge in [-0.3, -0.25) is 14.4 Å². The van der Waals surface area contributed by atoms with Gasteiger partial charge in [-0.25, -0.2) is 0 Å². The van der Waals surface area contributed by atoms with Crippen LogP contribution in [0.3, 0.4) is 0 Å². The van der Waals surface area contributed by atoms with E-state index in [9.17, 15) is 14.4 Å². The highest BCUT2D eigenvalue weighted by Gasteiger charge is 2.10. The third-order valence-corrected chi connectivity index (χ3v) is 4.70. The summed E-state index contributed by atoms with van der Waals surface area (Å²) < 4.78 is 5.09. The third-order valence-electron chi connectivity index (χ3n) is 4.70. The number of aliphatic carboxylic acids is 1. The Hall–Kier alpha value is -2.95. The fraction of sp³-hybridized carbons (Fsp3) is 0.375. The predicted molar refractivity (Wildman–Crippen MR) is 112 cm³/mol. The van der Waals surface area contributed by atoms with Crippen molar-refractivity contribution in [3.8, 4) is 11.1 Å². The Balaban J connectivity index is 1.61. The highest BCUT2D eigenvalue weighted by atomic mass is 16.5. The largest absolute Gasteiger partial charge is 0.481 e. The molecule has 0 aliphatic carbocycles. The number of ether oxygens (including phenoxy) is 1. The first-order valence-corrected chi connectivity index (χ1v) is 10.1. The normalized spacial score (nSPS) is 10.5. The van der Waals surface area contributed by atoms with Gasteiger partial charge in [-0.15, -0.1) is 0 Å². The zero-order valence-electron chi connectivity index (χ0n) is 16.6. The summed E-state index contributed by atoms with van der Waals surface area (Å²) in [5.41, 5.74) is 2.64. The molecule has 1 N–H and O–H groups in total. The van der Waals surface area contributed by atoms with Crippen molar-refractivity contribution in [2.24, 2.45) is 0 Å². The van der Waals surface area contributed by atoms with Gasteiger partial charge in [0, 0.05) is 18.4 Å². The maximum absolute atomic E-state index is 12.2. The van der Waals surface area contributed by atoms with Crippen molar-refractivity contribution in [1.29, 1.82) is 0 Å². The molecule has 0 aliphatic heterocycles. The van der Waals surface area contributed by atoms with Crippen molar-refractivity contribution in [3.63, 3.8) is 0 Å². The number of Topliss-reactive ketones (excluding diaryl/α,β-unsaturated/α-hetero) is 1. The lowest BCUT2D eigenvalue weighted by Gasteiger charge is -2.06. The molecule has 0 saturated carbocycles. The van der Waals surface area contributed by atoms with Crippen LogP contribution in [-0.4, -0.2) is 29.4 Å². The van der Waals surface area contributed by atoms with Crippen LogP contribution in [0.5, 0.6) is 0 Å². The van der Waals surface area contributed by atoms with Crippen LogP contribution < -0.4 is 0 Å². The number of hydrogen-bond donors (Lipinski definition) is 1. The smallest absolute Gasteiger partial charge is 0.306 e. The Morgan fingerprint density at radius 3 is 1.86 bits per heavy atom. The monoisotopic (exact) mass is 396 g/mol. The van der Waals surface area contributed by atoms with Gasteiger partial charge >= 0.3 is 11.9 Å². The Morgan fingerprint density at radius 1 is 0.690 bits per heavy atom. The molecule has 0 spiro atoms. The van der Waals surface area contributed by atoms with Gasteiger partial charge in [0.05, 0.1) is 0 Å². The number of carbonyl (C=O) groups excluding carboxylic acids is 2. The second kappa shape index (κ2) is 12.5. The molecule has 0 heterocycles. The Kier molecular flexibility index (Phi) is 9.63. The van der Waals surface area contributed by atoms with E-state index in [1.165, 1.54) is 0 Å². The summed E-state index contributed by atoms with van der Waals surface area (Å²) in [4.78, 5) is 34.4. The summed E-state index contributed by atoms with van der Waals surface area (Å²) in [5, 5.41) is 8.56. The molecule has 2 aromatic rings. The molecule has 5 heteroatoms. The standard InChI is InChI=1S/C24H28O5/c25-22(21-16-14-20(15-17-21)19-10-6-5-7-11-19)18-29-24(28)13-9-4-2-1-3-8-12-23(26)27/h5-7,10-11,14-17H,1-4,8-9,12-13,18H2,(H,26,27).